The first-order chi connectivity index (χ1) is 45.7. The van der Waals surface area contributed by atoms with E-state index in [-0.39, 0.29) is 114 Å². The number of rotatable bonds is 71. The highest BCUT2D eigenvalue weighted by Gasteiger charge is 2.34. The maximum atomic E-state index is 13.4. The van der Waals surface area contributed by atoms with E-state index in [4.69, 9.17) is 32.3 Å². The number of hydrogen-bond donors (Lipinski definition) is 9. The van der Waals surface area contributed by atoms with Crippen molar-refractivity contribution in [1.82, 2.24) is 31.9 Å². The Bertz CT molecular complexity index is 2090. The molecule has 0 fully saturated rings. The van der Waals surface area contributed by atoms with E-state index in [1.165, 1.54) is 149 Å². The normalized spacial score (nSPS) is 14.4. The van der Waals surface area contributed by atoms with E-state index in [1.807, 2.05) is 0 Å². The first-order valence-corrected chi connectivity index (χ1v) is 41.5. The molecule has 0 aromatic heterocycles. The zero-order valence-electron chi connectivity index (χ0n) is 59.4. The summed E-state index contributed by atoms with van der Waals surface area (Å²) in [4.78, 5) is 105. The Morgan fingerprint density at radius 3 is 1.25 bits per heavy atom. The molecule has 0 rings (SSSR count). The molecule has 6 atom stereocenters. The van der Waals surface area contributed by atoms with Crippen LogP contribution < -0.4 is 31.9 Å². The Morgan fingerprint density at radius 2 is 0.768 bits per heavy atom. The molecule has 0 aliphatic carbocycles. The molecule has 0 aromatic rings. The average Bonchev–Trinajstić information content (AvgIpc) is 1.14. The van der Waals surface area contributed by atoms with Gasteiger partial charge in [-0.1, -0.05) is 187 Å². The maximum Gasteiger partial charge on any atom is 0.472 e. The number of amides is 6. The zero-order chi connectivity index (χ0) is 70.4. The van der Waals surface area contributed by atoms with E-state index in [9.17, 15) is 57.1 Å². The van der Waals surface area contributed by atoms with Crippen molar-refractivity contribution in [2.24, 2.45) is 5.92 Å². The van der Waals surface area contributed by atoms with Gasteiger partial charge in [0.05, 0.1) is 59.5 Å². The number of nitrogens with one attached hydrogen (secondary N) is 6. The van der Waals surface area contributed by atoms with Gasteiger partial charge in [0.25, 0.3) is 0 Å². The average molecular weight is 1420 g/mol. The molecule has 0 aliphatic rings. The van der Waals surface area contributed by atoms with Gasteiger partial charge in [0.1, 0.15) is 12.1 Å². The van der Waals surface area contributed by atoms with Gasteiger partial charge in [-0.2, -0.15) is 0 Å². The van der Waals surface area contributed by atoms with Gasteiger partial charge in [-0.15, -0.1) is 0 Å². The van der Waals surface area contributed by atoms with E-state index in [1.54, 1.807) is 0 Å². The van der Waals surface area contributed by atoms with E-state index in [0.29, 0.717) is 96.7 Å². The summed E-state index contributed by atoms with van der Waals surface area (Å²) in [5, 5.41) is 16.9. The van der Waals surface area contributed by atoms with Crippen LogP contribution >= 0.6 is 23.0 Å². The highest BCUT2D eigenvalue weighted by molar-refractivity contribution is 7.70. The minimum atomic E-state index is -4.54. The number of phosphoric acid groups is 1. The summed E-state index contributed by atoms with van der Waals surface area (Å²) in [5.74, 6) is -2.70. The molecule has 0 bridgehead atoms. The van der Waals surface area contributed by atoms with Crippen LogP contribution in [0.1, 0.15) is 278 Å². The molecule has 4 unspecified atom stereocenters. The lowest BCUT2D eigenvalue weighted by Gasteiger charge is -2.19. The van der Waals surface area contributed by atoms with E-state index < -0.39 is 41.0 Å². The summed E-state index contributed by atoms with van der Waals surface area (Å²) in [6, 6.07) is -1.50. The minimum absolute atomic E-state index is 0.0259. The third-order valence-corrected chi connectivity index (χ3v) is 21.0. The van der Waals surface area contributed by atoms with Gasteiger partial charge in [-0.3, -0.25) is 46.9 Å². The van der Waals surface area contributed by atoms with Crippen LogP contribution in [0.25, 0.3) is 0 Å². The van der Waals surface area contributed by atoms with Crippen molar-refractivity contribution in [2.45, 2.75) is 290 Å². The van der Waals surface area contributed by atoms with Crippen molar-refractivity contribution in [3.05, 3.63) is 0 Å². The second-order valence-corrected chi connectivity index (χ2v) is 30.8. The number of ether oxygens (including phenoxy) is 3. The molecule has 0 radical (unpaired) electrons. The number of phosphoric ester groups is 1. The number of carbonyl (C=O) groups is 6. The monoisotopic (exact) mass is 1420 g/mol. The molecule has 6 amide bonds. The molecule has 560 valence electrons. The van der Waals surface area contributed by atoms with Crippen LogP contribution in [0.2, 0.25) is 0 Å². The summed E-state index contributed by atoms with van der Waals surface area (Å²) < 4.78 is 73.9. The molecule has 9 N–H and O–H groups in total. The van der Waals surface area contributed by atoms with Gasteiger partial charge < -0.3 is 69.8 Å². The lowest BCUT2D eigenvalue weighted by molar-refractivity contribution is -0.129. The van der Waals surface area contributed by atoms with Crippen LogP contribution in [-0.4, -0.2) is 161 Å². The highest BCUT2D eigenvalue weighted by Crippen LogP contribution is 2.58. The van der Waals surface area contributed by atoms with Crippen molar-refractivity contribution in [3.8, 4) is 0 Å². The summed E-state index contributed by atoms with van der Waals surface area (Å²) in [7, 11) is -12.0. The molecule has 28 heteroatoms. The third-order valence-electron chi connectivity index (χ3n) is 16.0. The fourth-order valence-electron chi connectivity index (χ4n) is 10.6. The summed E-state index contributed by atoms with van der Waals surface area (Å²) in [6.07, 6.45) is 38.9. The van der Waals surface area contributed by atoms with Gasteiger partial charge in [-0.25, -0.2) is 4.57 Å². The lowest BCUT2D eigenvalue weighted by Crippen LogP contribution is -2.47. The molecule has 95 heavy (non-hydrogen) atoms. The number of hydrogen-bond acceptors (Lipinski definition) is 16. The SMILES string of the molecule is CCCCCCCCCCCCCCCC(=O)NCCCC[C@H](NC(=O)CCCCCCCCCCCCCCC)C(=O)NCCCCCCOP(=O)(O)CP(=O)(O)OCCOCCOCCOP(=O)(O)OCC(CCCCNC(=O)[C@H](CCNC(C)=O)NC(C)=O)COC. The fourth-order valence-corrected chi connectivity index (χ4v) is 14.6. The fraction of sp³-hybridized carbons (Fsp3) is 0.910. The Morgan fingerprint density at radius 1 is 0.368 bits per heavy atom. The predicted octanol–water partition coefficient (Wildman–Crippen LogP) is 12.5. The number of methoxy groups -OCH3 is 1. The highest BCUT2D eigenvalue weighted by atomic mass is 31.2. The van der Waals surface area contributed by atoms with Crippen molar-refractivity contribution in [2.75, 3.05) is 98.7 Å². The summed E-state index contributed by atoms with van der Waals surface area (Å²) in [6.45, 7) is 7.74. The first-order valence-electron chi connectivity index (χ1n) is 36.5. The predicted molar refractivity (Wildman–Crippen MR) is 374 cm³/mol. The molecular weight excluding hydrogens is 1290 g/mol. The van der Waals surface area contributed by atoms with Gasteiger partial charge in [-0.05, 0) is 64.2 Å². The standard InChI is InChI=1S/C67H133N6O19P3/c1-6-8-10-12-14-16-18-20-22-24-26-28-32-42-64(76)69-45-38-35-41-62(73-65(77)43-33-29-27-25-23-21-19-17-15-13-11-9-7-2)66(78)70-46-36-30-31-39-49-89-93(80,81)58-94(82,83)90-54-52-87-50-51-88-53-55-91-95(84,85)92-57-61(56-86-5)40-34-37-47-71-67(79)63(72-60(4)75)44-48-68-59(3)74/h61-63H,6-58H2,1-5H3,(H,68,74)(H,69,76)(H,70,78)(H,71,79)(H,72,75)(H,73,77)(H,80,81)(H,82,83)(H,84,85)/t61?,62-,63-/m0/s1. The molecular formula is C67H133N6O19P3. The summed E-state index contributed by atoms with van der Waals surface area (Å²) >= 11 is 0. The van der Waals surface area contributed by atoms with Crippen LogP contribution in [-0.2, 0) is 74.8 Å². The maximum absolute atomic E-state index is 13.4. The Kier molecular flexibility index (Phi) is 61.4. The van der Waals surface area contributed by atoms with E-state index >= 15 is 0 Å². The van der Waals surface area contributed by atoms with Gasteiger partial charge in [0, 0.05) is 65.9 Å². The van der Waals surface area contributed by atoms with Crippen LogP contribution in [0.3, 0.4) is 0 Å². The van der Waals surface area contributed by atoms with Gasteiger partial charge in [0.15, 0.2) is 5.90 Å². The third kappa shape index (κ3) is 63.1. The van der Waals surface area contributed by atoms with Crippen molar-refractivity contribution >= 4 is 58.5 Å². The summed E-state index contributed by atoms with van der Waals surface area (Å²) in [5.41, 5.74) is 0. The molecule has 0 spiro atoms. The molecule has 0 heterocycles. The van der Waals surface area contributed by atoms with E-state index in [2.05, 4.69) is 45.7 Å². The molecule has 0 saturated heterocycles. The van der Waals surface area contributed by atoms with Crippen LogP contribution in [0, 0.1) is 5.92 Å². The molecule has 0 aliphatic heterocycles. The van der Waals surface area contributed by atoms with Gasteiger partial charge >= 0.3 is 23.0 Å². The second-order valence-electron chi connectivity index (χ2n) is 25.2. The largest absolute Gasteiger partial charge is 0.472 e. The minimum Gasteiger partial charge on any atom is -0.384 e. The van der Waals surface area contributed by atoms with Gasteiger partial charge in [0.2, 0.25) is 35.4 Å². The number of unbranched alkanes of at least 4 members (excludes halogenated alkanes) is 29. The molecule has 0 aromatic carbocycles. The Labute approximate surface area is 572 Å². The first kappa shape index (κ1) is 92.1. The Hall–Kier alpha value is -2.89. The van der Waals surface area contributed by atoms with Crippen molar-refractivity contribution in [1.29, 1.82) is 0 Å². The molecule has 0 saturated carbocycles. The number of carbonyl (C=O) groups excluding carboxylic acids is 6. The Balaban J connectivity index is 4.55. The molecule has 25 nitrogen and oxygen atoms in total. The van der Waals surface area contributed by atoms with Crippen LogP contribution in [0.5, 0.6) is 0 Å². The zero-order valence-corrected chi connectivity index (χ0v) is 62.1. The van der Waals surface area contributed by atoms with Crippen LogP contribution in [0.15, 0.2) is 0 Å². The van der Waals surface area contributed by atoms with Crippen molar-refractivity contribution < 1.29 is 89.4 Å². The smallest absolute Gasteiger partial charge is 0.384 e. The van der Waals surface area contributed by atoms with Crippen molar-refractivity contribution in [3.63, 3.8) is 0 Å². The van der Waals surface area contributed by atoms with E-state index in [0.717, 1.165) is 38.5 Å². The quantitative estimate of drug-likeness (QED) is 0.0202. The lowest BCUT2D eigenvalue weighted by atomic mass is 10.0. The second kappa shape index (κ2) is 63.3. The van der Waals surface area contributed by atoms with Crippen LogP contribution in [0.4, 0.5) is 0 Å². The topological polar surface area (TPSA) is 351 Å².